The number of carbonyl (C=O) groups is 2. The van der Waals surface area contributed by atoms with E-state index < -0.39 is 10.0 Å². The first-order valence-electron chi connectivity index (χ1n) is 10.4. The number of hydrogen-bond acceptors (Lipinski definition) is 5. The van der Waals surface area contributed by atoms with Crippen molar-refractivity contribution in [2.24, 2.45) is 11.8 Å². The monoisotopic (exact) mass is 422 g/mol. The molecule has 2 fully saturated rings. The van der Waals surface area contributed by atoms with Gasteiger partial charge in [-0.2, -0.15) is 4.31 Å². The van der Waals surface area contributed by atoms with Gasteiger partial charge in [-0.15, -0.1) is 0 Å². The van der Waals surface area contributed by atoms with Gasteiger partial charge in [-0.25, -0.2) is 8.42 Å². The van der Waals surface area contributed by atoms with Gasteiger partial charge in [0, 0.05) is 31.7 Å². The average Bonchev–Trinajstić information content (AvgIpc) is 2.74. The van der Waals surface area contributed by atoms with Gasteiger partial charge in [-0.1, -0.05) is 6.92 Å². The lowest BCUT2D eigenvalue weighted by atomic mass is 9.97. The van der Waals surface area contributed by atoms with Crippen LogP contribution in [0.1, 0.15) is 49.9 Å². The summed E-state index contributed by atoms with van der Waals surface area (Å²) in [5, 5.41) is 0. The molecule has 0 aliphatic carbocycles. The molecule has 1 amide bonds. The van der Waals surface area contributed by atoms with Gasteiger partial charge in [-0.05, 0) is 62.8 Å². The Morgan fingerprint density at radius 2 is 1.72 bits per heavy atom. The Balaban J connectivity index is 1.68. The molecule has 160 valence electrons. The van der Waals surface area contributed by atoms with Gasteiger partial charge in [-0.3, -0.25) is 9.59 Å². The smallest absolute Gasteiger partial charge is 0.310 e. The van der Waals surface area contributed by atoms with Crippen molar-refractivity contribution in [1.82, 2.24) is 9.21 Å². The van der Waals surface area contributed by atoms with E-state index in [-0.39, 0.29) is 22.7 Å². The Hall–Kier alpha value is -1.93. The molecular weight excluding hydrogens is 392 g/mol. The third-order valence-electron chi connectivity index (χ3n) is 5.81. The molecule has 8 heteroatoms. The molecule has 7 nitrogen and oxygen atoms in total. The number of piperidine rings is 2. The van der Waals surface area contributed by atoms with E-state index in [2.05, 4.69) is 6.92 Å². The molecule has 29 heavy (non-hydrogen) atoms. The lowest BCUT2D eigenvalue weighted by molar-refractivity contribution is -0.149. The van der Waals surface area contributed by atoms with Gasteiger partial charge in [0.05, 0.1) is 17.4 Å². The summed E-state index contributed by atoms with van der Waals surface area (Å²) >= 11 is 0. The molecule has 2 aliphatic heterocycles. The zero-order chi connectivity index (χ0) is 21.0. The summed E-state index contributed by atoms with van der Waals surface area (Å²) in [6, 6.07) is 6.15. The van der Waals surface area contributed by atoms with E-state index in [1.54, 1.807) is 24.0 Å². The molecule has 3 rings (SSSR count). The van der Waals surface area contributed by atoms with Crippen molar-refractivity contribution in [2.75, 3.05) is 32.8 Å². The SMILES string of the molecule is CCOC(=O)[C@H]1CCCN(C(=O)c2ccc(S(=O)(=O)N3CCC(C)CC3)cc2)C1. The number of hydrogen-bond donors (Lipinski definition) is 0. The summed E-state index contributed by atoms with van der Waals surface area (Å²) in [7, 11) is -3.53. The second kappa shape index (κ2) is 9.26. The third kappa shape index (κ3) is 4.98. The fourth-order valence-electron chi connectivity index (χ4n) is 3.94. The Morgan fingerprint density at radius 3 is 2.34 bits per heavy atom. The maximum absolute atomic E-state index is 12.8. The molecule has 0 spiro atoms. The highest BCUT2D eigenvalue weighted by Gasteiger charge is 2.31. The highest BCUT2D eigenvalue weighted by molar-refractivity contribution is 7.89. The molecule has 0 saturated carbocycles. The van der Waals surface area contributed by atoms with E-state index >= 15 is 0 Å². The Bertz CT molecular complexity index is 829. The number of rotatable bonds is 5. The van der Waals surface area contributed by atoms with Crippen molar-refractivity contribution in [3.63, 3.8) is 0 Å². The molecule has 1 aromatic rings. The number of carbonyl (C=O) groups excluding carboxylic acids is 2. The van der Waals surface area contributed by atoms with Crippen LogP contribution < -0.4 is 0 Å². The third-order valence-corrected chi connectivity index (χ3v) is 7.72. The number of nitrogens with zero attached hydrogens (tertiary/aromatic N) is 2. The van der Waals surface area contributed by atoms with Gasteiger partial charge in [0.15, 0.2) is 0 Å². The first kappa shape index (κ1) is 21.8. The molecular formula is C21H30N2O5S. The fraction of sp³-hybridized carbons (Fsp3) is 0.619. The molecule has 0 aromatic heterocycles. The predicted octanol–water partition coefficient (Wildman–Crippen LogP) is 2.52. The minimum atomic E-state index is -3.53. The van der Waals surface area contributed by atoms with Gasteiger partial charge >= 0.3 is 5.97 Å². The molecule has 0 unspecified atom stereocenters. The zero-order valence-electron chi connectivity index (χ0n) is 17.2. The summed E-state index contributed by atoms with van der Waals surface area (Å²) in [4.78, 5) is 26.7. The minimum absolute atomic E-state index is 0.185. The largest absolute Gasteiger partial charge is 0.466 e. The first-order chi connectivity index (χ1) is 13.8. The maximum atomic E-state index is 12.8. The molecule has 0 radical (unpaired) electrons. The quantitative estimate of drug-likeness (QED) is 0.681. The van der Waals surface area contributed by atoms with Crippen LogP contribution in [0.4, 0.5) is 0 Å². The number of likely N-dealkylation sites (tertiary alicyclic amines) is 1. The lowest BCUT2D eigenvalue weighted by Crippen LogP contribution is -2.42. The van der Waals surface area contributed by atoms with Crippen LogP contribution in [0.3, 0.4) is 0 Å². The first-order valence-corrected chi connectivity index (χ1v) is 11.8. The van der Waals surface area contributed by atoms with E-state index in [4.69, 9.17) is 4.74 Å². The van der Waals surface area contributed by atoms with Crippen molar-refractivity contribution >= 4 is 21.9 Å². The summed E-state index contributed by atoms with van der Waals surface area (Å²) in [5.41, 5.74) is 0.431. The van der Waals surface area contributed by atoms with E-state index in [9.17, 15) is 18.0 Å². The van der Waals surface area contributed by atoms with Crippen molar-refractivity contribution in [3.8, 4) is 0 Å². The van der Waals surface area contributed by atoms with Crippen LogP contribution in [0.5, 0.6) is 0 Å². The normalized spacial score (nSPS) is 21.7. The maximum Gasteiger partial charge on any atom is 0.310 e. The van der Waals surface area contributed by atoms with Gasteiger partial charge < -0.3 is 9.64 Å². The highest BCUT2D eigenvalue weighted by atomic mass is 32.2. The molecule has 2 heterocycles. The number of sulfonamides is 1. The van der Waals surface area contributed by atoms with Crippen LogP contribution in [0.25, 0.3) is 0 Å². The fourth-order valence-corrected chi connectivity index (χ4v) is 5.41. The molecule has 2 aliphatic rings. The summed E-state index contributed by atoms with van der Waals surface area (Å²) in [5.74, 6) is -0.199. The van der Waals surface area contributed by atoms with Crippen LogP contribution in [-0.4, -0.2) is 62.3 Å². The van der Waals surface area contributed by atoms with E-state index in [1.807, 2.05) is 0 Å². The van der Waals surface area contributed by atoms with E-state index in [1.165, 1.54) is 16.4 Å². The standard InChI is InChI=1S/C21H30N2O5S/c1-3-28-21(25)18-5-4-12-22(15-18)20(24)17-6-8-19(9-7-17)29(26,27)23-13-10-16(2)11-14-23/h6-9,16,18H,3-5,10-15H2,1-2H3/t18-/m0/s1. The number of benzene rings is 1. The van der Waals surface area contributed by atoms with Crippen molar-refractivity contribution in [3.05, 3.63) is 29.8 Å². The average molecular weight is 423 g/mol. The van der Waals surface area contributed by atoms with Crippen molar-refractivity contribution in [2.45, 2.75) is 44.4 Å². The molecule has 0 N–H and O–H groups in total. The van der Waals surface area contributed by atoms with Crippen molar-refractivity contribution < 1.29 is 22.7 Å². The summed E-state index contributed by atoms with van der Waals surface area (Å²) in [6.07, 6.45) is 3.20. The molecule has 0 bridgehead atoms. The number of esters is 1. The van der Waals surface area contributed by atoms with Crippen LogP contribution in [0.2, 0.25) is 0 Å². The zero-order valence-corrected chi connectivity index (χ0v) is 18.0. The van der Waals surface area contributed by atoms with Gasteiger partial charge in [0.1, 0.15) is 0 Å². The van der Waals surface area contributed by atoms with E-state index in [0.29, 0.717) is 50.7 Å². The van der Waals surface area contributed by atoms with Crippen LogP contribution in [-0.2, 0) is 19.6 Å². The Labute approximate surface area is 173 Å². The predicted molar refractivity (Wildman–Crippen MR) is 109 cm³/mol. The summed E-state index contributed by atoms with van der Waals surface area (Å²) in [6.45, 7) is 6.22. The number of ether oxygens (including phenoxy) is 1. The Morgan fingerprint density at radius 1 is 1.07 bits per heavy atom. The van der Waals surface area contributed by atoms with E-state index in [0.717, 1.165) is 19.3 Å². The van der Waals surface area contributed by atoms with Crippen LogP contribution in [0, 0.1) is 11.8 Å². The second-order valence-corrected chi connectivity index (χ2v) is 9.89. The second-order valence-electron chi connectivity index (χ2n) is 7.95. The van der Waals surface area contributed by atoms with Gasteiger partial charge in [0.2, 0.25) is 10.0 Å². The van der Waals surface area contributed by atoms with Crippen LogP contribution >= 0.6 is 0 Å². The minimum Gasteiger partial charge on any atom is -0.466 e. The molecule has 1 atom stereocenters. The summed E-state index contributed by atoms with van der Waals surface area (Å²) < 4.78 is 32.3. The number of amides is 1. The van der Waals surface area contributed by atoms with Crippen LogP contribution in [0.15, 0.2) is 29.2 Å². The molecule has 2 saturated heterocycles. The molecule has 1 aromatic carbocycles. The lowest BCUT2D eigenvalue weighted by Gasteiger charge is -2.31. The van der Waals surface area contributed by atoms with Gasteiger partial charge in [0.25, 0.3) is 5.91 Å². The Kier molecular flexibility index (Phi) is 6.95. The topological polar surface area (TPSA) is 84.0 Å². The highest BCUT2D eigenvalue weighted by Crippen LogP contribution is 2.25. The van der Waals surface area contributed by atoms with Crippen molar-refractivity contribution in [1.29, 1.82) is 0 Å².